The predicted molar refractivity (Wildman–Crippen MR) is 134 cm³/mol. The molecule has 1 unspecified atom stereocenters. The number of aryl methyl sites for hydroxylation is 1. The number of anilines is 1. The van der Waals surface area contributed by atoms with Crippen LogP contribution in [0, 0.1) is 6.92 Å². The predicted octanol–water partition coefficient (Wildman–Crippen LogP) is 5.47. The minimum Gasteiger partial charge on any atom is -0.507 e. The third-order valence-corrected chi connectivity index (χ3v) is 5.94. The van der Waals surface area contributed by atoms with E-state index in [0.717, 1.165) is 5.56 Å². The molecule has 7 nitrogen and oxygen atoms in total. The van der Waals surface area contributed by atoms with Gasteiger partial charge in [-0.3, -0.25) is 19.5 Å². The molecule has 0 saturated carbocycles. The normalized spacial score (nSPS) is 17.0. The fourth-order valence-corrected chi connectivity index (χ4v) is 4.43. The second kappa shape index (κ2) is 10.2. The maximum atomic E-state index is 13.4. The van der Waals surface area contributed by atoms with Gasteiger partial charge in [0.25, 0.3) is 11.7 Å². The summed E-state index contributed by atoms with van der Waals surface area (Å²) in [5.74, 6) is -0.961. The van der Waals surface area contributed by atoms with Crippen molar-refractivity contribution in [2.45, 2.75) is 26.8 Å². The lowest BCUT2D eigenvalue weighted by Crippen LogP contribution is -2.30. The Morgan fingerprint density at radius 3 is 2.40 bits per heavy atom. The van der Waals surface area contributed by atoms with Crippen molar-refractivity contribution in [3.63, 3.8) is 0 Å². The van der Waals surface area contributed by atoms with Crippen LogP contribution in [0.4, 0.5) is 5.69 Å². The average Bonchev–Trinajstić information content (AvgIpc) is 3.10. The van der Waals surface area contributed by atoms with Gasteiger partial charge in [0.2, 0.25) is 0 Å². The number of carbonyl (C=O) groups is 2. The number of benzene rings is 2. The van der Waals surface area contributed by atoms with Gasteiger partial charge >= 0.3 is 0 Å². The molecule has 0 radical (unpaired) electrons. The summed E-state index contributed by atoms with van der Waals surface area (Å²) in [7, 11) is 0. The summed E-state index contributed by atoms with van der Waals surface area (Å²) in [5, 5.41) is 12.0. The summed E-state index contributed by atoms with van der Waals surface area (Å²) >= 11 is 6.13. The molecule has 1 atom stereocenters. The number of carbonyl (C=O) groups excluding carboxylic acids is 2. The molecule has 180 valence electrons. The molecule has 1 N–H and O–H groups in total. The first-order valence-corrected chi connectivity index (χ1v) is 11.6. The quantitative estimate of drug-likeness (QED) is 0.267. The van der Waals surface area contributed by atoms with Crippen LogP contribution in [0.5, 0.6) is 11.5 Å². The minimum absolute atomic E-state index is 0.0411. The van der Waals surface area contributed by atoms with E-state index in [0.29, 0.717) is 46.5 Å². The topological polar surface area (TPSA) is 89.0 Å². The number of aliphatic hydroxyl groups is 1. The Morgan fingerprint density at radius 2 is 1.74 bits per heavy atom. The lowest BCUT2D eigenvalue weighted by molar-refractivity contribution is -0.132. The van der Waals surface area contributed by atoms with Crippen LogP contribution in [0.25, 0.3) is 5.76 Å². The summed E-state index contributed by atoms with van der Waals surface area (Å²) in [6.45, 7) is 6.29. The summed E-state index contributed by atoms with van der Waals surface area (Å²) in [4.78, 5) is 32.2. The number of nitrogens with zero attached hydrogens (tertiary/aromatic N) is 2. The van der Waals surface area contributed by atoms with Crippen molar-refractivity contribution in [3.05, 3.63) is 88.2 Å². The molecule has 1 aliphatic rings. The van der Waals surface area contributed by atoms with E-state index in [-0.39, 0.29) is 11.3 Å². The van der Waals surface area contributed by atoms with Crippen LogP contribution in [0.15, 0.2) is 66.5 Å². The van der Waals surface area contributed by atoms with Gasteiger partial charge < -0.3 is 14.6 Å². The fourth-order valence-electron chi connectivity index (χ4n) is 4.21. The zero-order valence-electron chi connectivity index (χ0n) is 19.6. The highest BCUT2D eigenvalue weighted by molar-refractivity contribution is 6.52. The van der Waals surface area contributed by atoms with Crippen LogP contribution in [-0.2, 0) is 9.59 Å². The zero-order chi connectivity index (χ0) is 25.1. The Balaban J connectivity index is 1.95. The number of Topliss-reactive ketones (excluding diaryl/α,β-unsaturated/α-hetero) is 1. The van der Waals surface area contributed by atoms with Crippen LogP contribution in [-0.4, -0.2) is 35.0 Å². The van der Waals surface area contributed by atoms with Gasteiger partial charge in [0.15, 0.2) is 0 Å². The molecule has 2 aromatic carbocycles. The Kier molecular flexibility index (Phi) is 7.07. The van der Waals surface area contributed by atoms with Gasteiger partial charge in [0.1, 0.15) is 17.3 Å². The lowest BCUT2D eigenvalue weighted by Gasteiger charge is -2.27. The molecule has 4 rings (SSSR count). The van der Waals surface area contributed by atoms with E-state index in [1.165, 1.54) is 4.90 Å². The molecule has 0 spiro atoms. The maximum absolute atomic E-state index is 13.4. The highest BCUT2D eigenvalue weighted by Crippen LogP contribution is 2.44. The Bertz CT molecular complexity index is 1310. The molecule has 0 bridgehead atoms. The van der Waals surface area contributed by atoms with Crippen molar-refractivity contribution in [1.29, 1.82) is 0 Å². The van der Waals surface area contributed by atoms with Crippen molar-refractivity contribution in [1.82, 2.24) is 4.98 Å². The standard InChI is InChI=1S/C27H25ClN2O5/c1-4-34-19-7-8-20(22(15-19)35-5-2)25(31)23-24(17-10-12-29-13-11-17)30(27(33)26(23)32)21-9-6-18(28)14-16(21)3/h6-15,24,31H,4-5H2,1-3H3/b25-23-. The second-order valence-corrected chi connectivity index (χ2v) is 8.34. The molecule has 0 aliphatic carbocycles. The van der Waals surface area contributed by atoms with Crippen molar-refractivity contribution in [2.24, 2.45) is 0 Å². The number of hydrogen-bond donors (Lipinski definition) is 1. The van der Waals surface area contributed by atoms with Gasteiger partial charge in [0, 0.05) is 29.2 Å². The summed E-state index contributed by atoms with van der Waals surface area (Å²) in [5.41, 5.74) is 2.11. The largest absolute Gasteiger partial charge is 0.507 e. The number of rotatable bonds is 7. The van der Waals surface area contributed by atoms with E-state index < -0.39 is 17.7 Å². The minimum atomic E-state index is -0.876. The number of aliphatic hydroxyl groups excluding tert-OH is 1. The SMILES string of the molecule is CCOc1ccc(/C(O)=C2/C(=O)C(=O)N(c3ccc(Cl)cc3C)C2c2ccncc2)c(OCC)c1. The van der Waals surface area contributed by atoms with Crippen LogP contribution in [0.1, 0.15) is 36.6 Å². The van der Waals surface area contributed by atoms with Gasteiger partial charge in [-0.1, -0.05) is 11.6 Å². The van der Waals surface area contributed by atoms with Crippen molar-refractivity contribution in [3.8, 4) is 11.5 Å². The second-order valence-electron chi connectivity index (χ2n) is 7.90. The monoisotopic (exact) mass is 492 g/mol. The third kappa shape index (κ3) is 4.59. The average molecular weight is 493 g/mol. The molecule has 1 amide bonds. The van der Waals surface area contributed by atoms with Crippen molar-refractivity contribution < 1.29 is 24.2 Å². The van der Waals surface area contributed by atoms with Crippen LogP contribution >= 0.6 is 11.6 Å². The molecular formula is C27H25ClN2O5. The Morgan fingerprint density at radius 1 is 1.03 bits per heavy atom. The summed E-state index contributed by atoms with van der Waals surface area (Å²) < 4.78 is 11.3. The number of amides is 1. The van der Waals surface area contributed by atoms with Gasteiger partial charge in [-0.25, -0.2) is 0 Å². The third-order valence-electron chi connectivity index (χ3n) is 5.70. The smallest absolute Gasteiger partial charge is 0.300 e. The Hall–Kier alpha value is -3.84. The van der Waals surface area contributed by atoms with Gasteiger partial charge in [-0.05, 0) is 74.4 Å². The van der Waals surface area contributed by atoms with Crippen LogP contribution in [0.2, 0.25) is 5.02 Å². The first-order valence-electron chi connectivity index (χ1n) is 11.2. The van der Waals surface area contributed by atoms with E-state index in [1.807, 2.05) is 20.8 Å². The lowest BCUT2D eigenvalue weighted by atomic mass is 9.95. The van der Waals surface area contributed by atoms with Crippen molar-refractivity contribution in [2.75, 3.05) is 18.1 Å². The van der Waals surface area contributed by atoms with E-state index in [4.69, 9.17) is 21.1 Å². The molecule has 1 aliphatic heterocycles. The maximum Gasteiger partial charge on any atom is 0.300 e. The molecule has 1 fully saturated rings. The highest BCUT2D eigenvalue weighted by Gasteiger charge is 2.47. The molecule has 1 aromatic heterocycles. The molecule has 3 aromatic rings. The van der Waals surface area contributed by atoms with Gasteiger partial charge in [-0.2, -0.15) is 0 Å². The molecule has 8 heteroatoms. The number of halogens is 1. The summed E-state index contributed by atoms with van der Waals surface area (Å²) in [6, 6.07) is 12.6. The van der Waals surface area contributed by atoms with E-state index in [1.54, 1.807) is 60.9 Å². The fraction of sp³-hybridized carbons (Fsp3) is 0.222. The summed E-state index contributed by atoms with van der Waals surface area (Å²) in [6.07, 6.45) is 3.15. The number of aromatic nitrogens is 1. The van der Waals surface area contributed by atoms with E-state index >= 15 is 0 Å². The van der Waals surface area contributed by atoms with Gasteiger partial charge in [0.05, 0.1) is 30.4 Å². The Labute approximate surface area is 208 Å². The van der Waals surface area contributed by atoms with Crippen molar-refractivity contribution >= 4 is 34.7 Å². The zero-order valence-corrected chi connectivity index (χ0v) is 20.4. The number of ketones is 1. The first kappa shape index (κ1) is 24.3. The molecule has 2 heterocycles. The van der Waals surface area contributed by atoms with Gasteiger partial charge in [-0.15, -0.1) is 0 Å². The number of pyridine rings is 1. The van der Waals surface area contributed by atoms with Crippen LogP contribution < -0.4 is 14.4 Å². The number of hydrogen-bond acceptors (Lipinski definition) is 6. The number of ether oxygens (including phenoxy) is 2. The highest BCUT2D eigenvalue weighted by atomic mass is 35.5. The van der Waals surface area contributed by atoms with E-state index in [2.05, 4.69) is 4.98 Å². The molecular weight excluding hydrogens is 468 g/mol. The van der Waals surface area contributed by atoms with Crippen LogP contribution in [0.3, 0.4) is 0 Å². The van der Waals surface area contributed by atoms with E-state index in [9.17, 15) is 14.7 Å². The molecule has 35 heavy (non-hydrogen) atoms. The first-order chi connectivity index (χ1) is 16.9. The molecule has 1 saturated heterocycles.